The Kier molecular flexibility index (Phi) is 7.60. The van der Waals surface area contributed by atoms with Crippen LogP contribution >= 0.6 is 0 Å². The van der Waals surface area contributed by atoms with Gasteiger partial charge in [0.1, 0.15) is 0 Å². The number of aryl methyl sites for hydroxylation is 1. The third kappa shape index (κ3) is 5.11. The molecule has 1 aliphatic heterocycles. The minimum atomic E-state index is -3.64. The zero-order valence-corrected chi connectivity index (χ0v) is 17.9. The van der Waals surface area contributed by atoms with Crippen LogP contribution in [0.4, 0.5) is 0 Å². The monoisotopic (exact) mass is 410 g/mol. The molecule has 1 heterocycles. The molecule has 1 aromatic rings. The minimum absolute atomic E-state index is 0.0415. The number of esters is 1. The maximum absolute atomic E-state index is 13.1. The summed E-state index contributed by atoms with van der Waals surface area (Å²) in [7, 11) is -0.665. The van der Waals surface area contributed by atoms with Crippen LogP contribution in [-0.4, -0.2) is 62.8 Å². The first kappa shape index (κ1) is 22.4. The lowest BCUT2D eigenvalue weighted by Crippen LogP contribution is -2.42. The largest absolute Gasteiger partial charge is 0.469 e. The zero-order valence-electron chi connectivity index (χ0n) is 17.1. The smallest absolute Gasteiger partial charge is 0.305 e. The first-order valence-corrected chi connectivity index (χ1v) is 11.1. The van der Waals surface area contributed by atoms with Gasteiger partial charge >= 0.3 is 5.97 Å². The molecule has 1 aromatic carbocycles. The molecule has 0 spiro atoms. The fourth-order valence-electron chi connectivity index (χ4n) is 3.43. The van der Waals surface area contributed by atoms with E-state index in [0.29, 0.717) is 25.1 Å². The van der Waals surface area contributed by atoms with E-state index in [9.17, 15) is 18.0 Å². The van der Waals surface area contributed by atoms with Crippen LogP contribution in [0.3, 0.4) is 0 Å². The van der Waals surface area contributed by atoms with E-state index < -0.39 is 10.0 Å². The summed E-state index contributed by atoms with van der Waals surface area (Å²) in [6.45, 7) is 4.60. The second-order valence-electron chi connectivity index (χ2n) is 7.34. The number of methoxy groups -OCH3 is 1. The maximum atomic E-state index is 13.1. The van der Waals surface area contributed by atoms with E-state index >= 15 is 0 Å². The van der Waals surface area contributed by atoms with Gasteiger partial charge in [-0.3, -0.25) is 9.59 Å². The van der Waals surface area contributed by atoms with Crippen LogP contribution in [0, 0.1) is 6.92 Å². The molecule has 0 aliphatic carbocycles. The molecule has 2 rings (SSSR count). The molecule has 0 radical (unpaired) electrons. The lowest BCUT2D eigenvalue weighted by atomic mass is 10.1. The van der Waals surface area contributed by atoms with Gasteiger partial charge in [-0.05, 0) is 50.8 Å². The van der Waals surface area contributed by atoms with Crippen molar-refractivity contribution < 1.29 is 22.7 Å². The lowest BCUT2D eigenvalue weighted by Gasteiger charge is -2.32. The van der Waals surface area contributed by atoms with Crippen molar-refractivity contribution in [2.24, 2.45) is 0 Å². The Morgan fingerprint density at radius 3 is 2.64 bits per heavy atom. The third-order valence-electron chi connectivity index (χ3n) is 5.24. The number of amides is 1. The first-order valence-electron chi connectivity index (χ1n) is 9.63. The van der Waals surface area contributed by atoms with Crippen molar-refractivity contribution >= 4 is 21.9 Å². The first-order chi connectivity index (χ1) is 13.2. The molecule has 156 valence electrons. The van der Waals surface area contributed by atoms with Crippen molar-refractivity contribution in [3.05, 3.63) is 29.3 Å². The summed E-state index contributed by atoms with van der Waals surface area (Å²) in [6.07, 6.45) is 3.44. The molecule has 1 saturated heterocycles. The van der Waals surface area contributed by atoms with Crippen molar-refractivity contribution in [3.63, 3.8) is 0 Å². The van der Waals surface area contributed by atoms with Crippen LogP contribution in [0.2, 0.25) is 0 Å². The Bertz CT molecular complexity index is 822. The van der Waals surface area contributed by atoms with Crippen LogP contribution in [0.15, 0.2) is 23.1 Å². The third-order valence-corrected chi connectivity index (χ3v) is 7.25. The molecule has 8 heteroatoms. The molecule has 0 saturated carbocycles. The lowest BCUT2D eigenvalue weighted by molar-refractivity contribution is -0.140. The highest BCUT2D eigenvalue weighted by Crippen LogP contribution is 2.26. The number of nitrogens with zero attached hydrogens (tertiary/aromatic N) is 2. The fourth-order valence-corrected chi connectivity index (χ4v) is 5.15. The van der Waals surface area contributed by atoms with Crippen LogP contribution in [0.25, 0.3) is 0 Å². The Hall–Kier alpha value is -1.93. The summed E-state index contributed by atoms with van der Waals surface area (Å²) in [5.41, 5.74) is 1.08. The molecule has 0 bridgehead atoms. The van der Waals surface area contributed by atoms with Crippen molar-refractivity contribution in [1.82, 2.24) is 9.21 Å². The number of hydrogen-bond donors (Lipinski definition) is 0. The Balaban J connectivity index is 2.20. The van der Waals surface area contributed by atoms with E-state index in [1.807, 2.05) is 6.92 Å². The number of carbonyl (C=O) groups excluding carboxylic acids is 2. The van der Waals surface area contributed by atoms with E-state index in [4.69, 9.17) is 0 Å². The number of sulfonamides is 1. The average molecular weight is 411 g/mol. The summed E-state index contributed by atoms with van der Waals surface area (Å²) in [4.78, 5) is 25.7. The average Bonchev–Trinajstić information content (AvgIpc) is 2.67. The van der Waals surface area contributed by atoms with Crippen molar-refractivity contribution in [3.8, 4) is 0 Å². The van der Waals surface area contributed by atoms with E-state index in [2.05, 4.69) is 4.74 Å². The second-order valence-corrected chi connectivity index (χ2v) is 9.23. The minimum Gasteiger partial charge on any atom is -0.469 e. The second kappa shape index (κ2) is 9.52. The number of carbonyl (C=O) groups is 2. The molecule has 1 aliphatic rings. The van der Waals surface area contributed by atoms with Crippen LogP contribution in [0.1, 0.15) is 54.9 Å². The summed E-state index contributed by atoms with van der Waals surface area (Å²) in [5.74, 6) is -0.577. The molecule has 1 amide bonds. The van der Waals surface area contributed by atoms with Crippen LogP contribution < -0.4 is 0 Å². The van der Waals surface area contributed by atoms with Gasteiger partial charge in [0.25, 0.3) is 5.91 Å². The maximum Gasteiger partial charge on any atom is 0.305 e. The SMILES string of the molecule is COC(=O)CCCN(C)C(=O)c1cc(S(=O)(=O)N2CCCCC2C)ccc1C. The topological polar surface area (TPSA) is 84.0 Å². The van der Waals surface area contributed by atoms with Gasteiger partial charge in [0, 0.05) is 38.2 Å². The van der Waals surface area contributed by atoms with E-state index in [1.165, 1.54) is 22.4 Å². The molecule has 1 unspecified atom stereocenters. The van der Waals surface area contributed by atoms with Crippen molar-refractivity contribution in [1.29, 1.82) is 0 Å². The highest BCUT2D eigenvalue weighted by Gasteiger charge is 2.31. The van der Waals surface area contributed by atoms with Gasteiger partial charge in [0.15, 0.2) is 0 Å². The molecule has 1 fully saturated rings. The standard InChI is InChI=1S/C20H30N2O5S/c1-15-10-11-17(28(25,26)22-13-6-5-8-16(22)2)14-18(15)20(24)21(3)12-7-9-19(23)27-4/h10-11,14,16H,5-9,12-13H2,1-4H3. The van der Waals surface area contributed by atoms with E-state index in [-0.39, 0.29) is 29.2 Å². The summed E-state index contributed by atoms with van der Waals surface area (Å²) < 4.78 is 32.3. The van der Waals surface area contributed by atoms with Gasteiger partial charge in [0.2, 0.25) is 10.0 Å². The number of benzene rings is 1. The summed E-state index contributed by atoms with van der Waals surface area (Å²) >= 11 is 0. The zero-order chi connectivity index (χ0) is 20.9. The van der Waals surface area contributed by atoms with Crippen LogP contribution in [-0.2, 0) is 19.6 Å². The van der Waals surface area contributed by atoms with Crippen molar-refractivity contribution in [2.75, 3.05) is 27.2 Å². The predicted molar refractivity (Wildman–Crippen MR) is 107 cm³/mol. The molecule has 0 aromatic heterocycles. The van der Waals surface area contributed by atoms with Crippen LogP contribution in [0.5, 0.6) is 0 Å². The molecular formula is C20H30N2O5S. The normalized spacial score (nSPS) is 17.9. The Morgan fingerprint density at radius 2 is 2.00 bits per heavy atom. The van der Waals surface area contributed by atoms with Gasteiger partial charge < -0.3 is 9.64 Å². The quantitative estimate of drug-likeness (QED) is 0.645. The van der Waals surface area contributed by atoms with Crippen molar-refractivity contribution in [2.45, 2.75) is 56.9 Å². The summed E-state index contributed by atoms with van der Waals surface area (Å²) in [6, 6.07) is 4.68. The number of ether oxygens (including phenoxy) is 1. The van der Waals surface area contributed by atoms with E-state index in [1.54, 1.807) is 26.1 Å². The highest BCUT2D eigenvalue weighted by atomic mass is 32.2. The van der Waals surface area contributed by atoms with E-state index in [0.717, 1.165) is 24.8 Å². The molecule has 28 heavy (non-hydrogen) atoms. The molecule has 0 N–H and O–H groups in total. The van der Waals surface area contributed by atoms with Gasteiger partial charge in [-0.2, -0.15) is 4.31 Å². The van der Waals surface area contributed by atoms with Gasteiger partial charge in [-0.25, -0.2) is 8.42 Å². The number of hydrogen-bond acceptors (Lipinski definition) is 5. The molecular weight excluding hydrogens is 380 g/mol. The summed E-state index contributed by atoms with van der Waals surface area (Å²) in [5, 5.41) is 0. The number of piperidine rings is 1. The molecule has 7 nitrogen and oxygen atoms in total. The Morgan fingerprint density at radius 1 is 1.29 bits per heavy atom. The van der Waals surface area contributed by atoms with Gasteiger partial charge in [0.05, 0.1) is 12.0 Å². The van der Waals surface area contributed by atoms with Gasteiger partial charge in [-0.15, -0.1) is 0 Å². The highest BCUT2D eigenvalue weighted by molar-refractivity contribution is 7.89. The fraction of sp³-hybridized carbons (Fsp3) is 0.600. The Labute approximate surface area is 167 Å². The molecule has 1 atom stereocenters. The number of rotatable bonds is 7. The van der Waals surface area contributed by atoms with Gasteiger partial charge in [-0.1, -0.05) is 12.5 Å². The predicted octanol–water partition coefficient (Wildman–Crippen LogP) is 2.58.